The number of hydrogen-bond acceptors (Lipinski definition) is 9. The third-order valence-electron chi connectivity index (χ3n) is 4.74. The first-order valence-electron chi connectivity index (χ1n) is 10.2. The minimum absolute atomic E-state index is 0.0110. The van der Waals surface area contributed by atoms with Crippen LogP contribution in [0.1, 0.15) is 39.6 Å². The van der Waals surface area contributed by atoms with Gasteiger partial charge in [-0.1, -0.05) is 30.0 Å². The summed E-state index contributed by atoms with van der Waals surface area (Å²) in [4.78, 5) is 36.5. The number of para-hydroxylation sites is 1. The van der Waals surface area contributed by atoms with Gasteiger partial charge in [0.2, 0.25) is 5.91 Å². The second kappa shape index (κ2) is 11.3. The molecule has 1 unspecified atom stereocenters. The lowest BCUT2D eigenvalue weighted by Crippen LogP contribution is -2.18. The number of aromatic nitrogens is 3. The van der Waals surface area contributed by atoms with Crippen LogP contribution in [-0.4, -0.2) is 52.6 Å². The molecule has 0 aliphatic rings. The Morgan fingerprint density at radius 1 is 1.03 bits per heavy atom. The second-order valence-electron chi connectivity index (χ2n) is 7.05. The highest BCUT2D eigenvalue weighted by molar-refractivity contribution is 7.99. The number of thioether (sulfide) groups is 1. The maximum Gasteiger partial charge on any atom is 0.339 e. The first-order valence-corrected chi connectivity index (χ1v) is 11.2. The van der Waals surface area contributed by atoms with E-state index in [0.29, 0.717) is 16.7 Å². The minimum Gasteiger partial charge on any atom is -0.483 e. The summed E-state index contributed by atoms with van der Waals surface area (Å²) in [5, 5.41) is 11.5. The highest BCUT2D eigenvalue weighted by atomic mass is 32.2. The highest BCUT2D eigenvalue weighted by Crippen LogP contribution is 2.24. The van der Waals surface area contributed by atoms with E-state index in [1.165, 1.54) is 44.2 Å². The molecule has 0 fully saturated rings. The Bertz CT molecular complexity index is 1180. The summed E-state index contributed by atoms with van der Waals surface area (Å²) in [6.07, 6.45) is -0.355. The summed E-state index contributed by atoms with van der Waals surface area (Å²) in [6.45, 7) is 1.86. The maximum atomic E-state index is 12.6. The van der Waals surface area contributed by atoms with Crippen LogP contribution in [0, 0.1) is 0 Å². The minimum atomic E-state index is -0.648. The van der Waals surface area contributed by atoms with Gasteiger partial charge in [-0.3, -0.25) is 4.79 Å². The van der Waals surface area contributed by atoms with Crippen LogP contribution in [0.5, 0.6) is 5.75 Å². The number of amides is 1. The molecule has 178 valence electrons. The van der Waals surface area contributed by atoms with Crippen molar-refractivity contribution in [2.45, 2.75) is 18.2 Å². The van der Waals surface area contributed by atoms with Crippen molar-refractivity contribution in [2.24, 2.45) is 7.05 Å². The topological polar surface area (TPSA) is 122 Å². The molecule has 0 saturated heterocycles. The molecule has 1 aromatic heterocycles. The van der Waals surface area contributed by atoms with Crippen LogP contribution in [0.4, 0.5) is 5.69 Å². The van der Waals surface area contributed by atoms with E-state index in [1.807, 2.05) is 37.3 Å². The van der Waals surface area contributed by atoms with Crippen LogP contribution >= 0.6 is 11.8 Å². The summed E-state index contributed by atoms with van der Waals surface area (Å²) < 4.78 is 17.1. The number of carbonyl (C=O) groups is 3. The number of anilines is 1. The van der Waals surface area contributed by atoms with Gasteiger partial charge in [0.1, 0.15) is 5.75 Å². The van der Waals surface area contributed by atoms with Crippen molar-refractivity contribution in [3.63, 3.8) is 0 Å². The molecular weight excluding hydrogens is 460 g/mol. The zero-order chi connectivity index (χ0) is 24.7. The third kappa shape index (κ3) is 5.93. The quantitative estimate of drug-likeness (QED) is 0.360. The summed E-state index contributed by atoms with van der Waals surface area (Å²) in [6, 6.07) is 13.5. The van der Waals surface area contributed by atoms with Gasteiger partial charge in [0.25, 0.3) is 0 Å². The molecule has 1 heterocycles. The average molecular weight is 485 g/mol. The van der Waals surface area contributed by atoms with E-state index < -0.39 is 17.8 Å². The fourth-order valence-corrected chi connectivity index (χ4v) is 3.78. The predicted molar refractivity (Wildman–Crippen MR) is 125 cm³/mol. The Kier molecular flexibility index (Phi) is 8.25. The molecule has 10 nitrogen and oxygen atoms in total. The average Bonchev–Trinajstić information content (AvgIpc) is 3.22. The highest BCUT2D eigenvalue weighted by Gasteiger charge is 2.20. The Morgan fingerprint density at radius 3 is 2.41 bits per heavy atom. The van der Waals surface area contributed by atoms with E-state index in [0.717, 1.165) is 0 Å². The first kappa shape index (κ1) is 24.8. The van der Waals surface area contributed by atoms with E-state index in [4.69, 9.17) is 14.2 Å². The number of methoxy groups -OCH3 is 2. The predicted octanol–water partition coefficient (Wildman–Crippen LogP) is 3.26. The van der Waals surface area contributed by atoms with E-state index in [2.05, 4.69) is 15.5 Å². The molecule has 1 N–H and O–H groups in total. The van der Waals surface area contributed by atoms with E-state index >= 15 is 0 Å². The van der Waals surface area contributed by atoms with Crippen molar-refractivity contribution in [3.8, 4) is 5.75 Å². The lowest BCUT2D eigenvalue weighted by Gasteiger charge is -2.14. The molecule has 11 heteroatoms. The summed E-state index contributed by atoms with van der Waals surface area (Å²) in [7, 11) is 4.26. The summed E-state index contributed by atoms with van der Waals surface area (Å²) in [5.74, 6) is -0.351. The molecule has 0 spiro atoms. The molecule has 3 rings (SSSR count). The number of ether oxygens (including phenoxy) is 3. The van der Waals surface area contributed by atoms with Crippen LogP contribution in [-0.2, 0) is 21.3 Å². The van der Waals surface area contributed by atoms with Crippen LogP contribution in [0.3, 0.4) is 0 Å². The molecule has 3 aromatic rings. The fraction of sp³-hybridized carbons (Fsp3) is 0.261. The molecular formula is C23H24N4O6S. The van der Waals surface area contributed by atoms with Crippen LogP contribution in [0.2, 0.25) is 0 Å². The van der Waals surface area contributed by atoms with Gasteiger partial charge < -0.3 is 24.1 Å². The Morgan fingerprint density at radius 2 is 1.74 bits per heavy atom. The molecule has 0 radical (unpaired) electrons. The SMILES string of the molecule is COC(=O)c1ccc(C(=O)OC)c(NC(=O)CSc2nnc(C(C)Oc3ccccc3)n2C)c1. The van der Waals surface area contributed by atoms with Crippen LogP contribution in [0.25, 0.3) is 0 Å². The lowest BCUT2D eigenvalue weighted by molar-refractivity contribution is -0.113. The number of hydrogen-bond donors (Lipinski definition) is 1. The van der Waals surface area contributed by atoms with Crippen molar-refractivity contribution in [1.29, 1.82) is 0 Å². The molecule has 0 aliphatic heterocycles. The van der Waals surface area contributed by atoms with Gasteiger partial charge in [0.15, 0.2) is 17.1 Å². The van der Waals surface area contributed by atoms with Gasteiger partial charge in [-0.15, -0.1) is 10.2 Å². The van der Waals surface area contributed by atoms with Crippen LogP contribution < -0.4 is 10.1 Å². The number of esters is 2. The third-order valence-corrected chi connectivity index (χ3v) is 5.76. The van der Waals surface area contributed by atoms with Crippen molar-refractivity contribution in [3.05, 3.63) is 65.5 Å². The zero-order valence-electron chi connectivity index (χ0n) is 19.1. The number of nitrogens with zero attached hydrogens (tertiary/aromatic N) is 3. The van der Waals surface area contributed by atoms with E-state index in [-0.39, 0.29) is 28.7 Å². The summed E-state index contributed by atoms with van der Waals surface area (Å²) in [5.41, 5.74) is 0.439. The molecule has 2 aromatic carbocycles. The zero-order valence-corrected chi connectivity index (χ0v) is 19.9. The van der Waals surface area contributed by atoms with Gasteiger partial charge >= 0.3 is 11.9 Å². The van der Waals surface area contributed by atoms with Crippen molar-refractivity contribution in [2.75, 3.05) is 25.3 Å². The molecule has 0 bridgehead atoms. The Labute approximate surface area is 200 Å². The molecule has 34 heavy (non-hydrogen) atoms. The number of nitrogens with one attached hydrogen (secondary N) is 1. The van der Waals surface area contributed by atoms with Gasteiger partial charge in [-0.05, 0) is 37.3 Å². The van der Waals surface area contributed by atoms with Gasteiger partial charge in [0, 0.05) is 7.05 Å². The normalized spacial score (nSPS) is 11.4. The second-order valence-corrected chi connectivity index (χ2v) is 8.00. The van der Waals surface area contributed by atoms with E-state index in [1.54, 1.807) is 11.6 Å². The monoisotopic (exact) mass is 484 g/mol. The Balaban J connectivity index is 1.67. The lowest BCUT2D eigenvalue weighted by atomic mass is 10.1. The fourth-order valence-electron chi connectivity index (χ4n) is 3.06. The van der Waals surface area contributed by atoms with Gasteiger partial charge in [-0.2, -0.15) is 0 Å². The van der Waals surface area contributed by atoms with E-state index in [9.17, 15) is 14.4 Å². The van der Waals surface area contributed by atoms with Gasteiger partial charge in [0.05, 0.1) is 36.8 Å². The van der Waals surface area contributed by atoms with Crippen molar-refractivity contribution >= 4 is 35.3 Å². The maximum absolute atomic E-state index is 12.6. The van der Waals surface area contributed by atoms with Crippen molar-refractivity contribution < 1.29 is 28.6 Å². The molecule has 1 atom stereocenters. The largest absolute Gasteiger partial charge is 0.483 e. The first-order chi connectivity index (χ1) is 16.3. The van der Waals surface area contributed by atoms with Crippen LogP contribution in [0.15, 0.2) is 53.7 Å². The number of benzene rings is 2. The standard InChI is InChI=1S/C23H24N4O6S/c1-14(33-16-8-6-5-7-9-16)20-25-26-23(27(20)2)34-13-19(28)24-18-12-15(21(29)31-3)10-11-17(18)22(30)32-4/h5-12,14H,13H2,1-4H3,(H,24,28). The van der Waals surface area contributed by atoms with Gasteiger partial charge in [-0.25, -0.2) is 9.59 Å². The number of carbonyl (C=O) groups excluding carboxylic acids is 3. The smallest absolute Gasteiger partial charge is 0.339 e. The molecule has 0 aliphatic carbocycles. The summed E-state index contributed by atoms with van der Waals surface area (Å²) >= 11 is 1.17. The number of rotatable bonds is 9. The Hall–Kier alpha value is -3.86. The van der Waals surface area contributed by atoms with Crippen molar-refractivity contribution in [1.82, 2.24) is 14.8 Å². The molecule has 1 amide bonds. The molecule has 0 saturated carbocycles.